The number of thiol groups is 2. The van der Waals surface area contributed by atoms with E-state index in [-0.39, 0.29) is 0 Å². The predicted octanol–water partition coefficient (Wildman–Crippen LogP) is 1.27. The van der Waals surface area contributed by atoms with Gasteiger partial charge in [-0.2, -0.15) is 9.15 Å². The average Bonchev–Trinajstić information content (AvgIpc) is 2.51. The van der Waals surface area contributed by atoms with E-state index in [2.05, 4.69) is 68.5 Å². The molecule has 2 fully saturated rings. The monoisotopic (exact) mass is 482 g/mol. The van der Waals surface area contributed by atoms with E-state index in [0.29, 0.717) is 0 Å². The Morgan fingerprint density at radius 1 is 0.700 bits per heavy atom. The first-order valence-corrected chi connectivity index (χ1v) is 12.0. The number of nitrogens with zero attached hydrogens (tertiary/aromatic N) is 2. The molecule has 0 N–H and O–H groups in total. The summed E-state index contributed by atoms with van der Waals surface area (Å²) in [4.78, 5) is 0. The van der Waals surface area contributed by atoms with Gasteiger partial charge in [0.1, 0.15) is 26.2 Å². The molecule has 2 aliphatic rings. The molecule has 0 unspecified atom stereocenters. The zero-order valence-electron chi connectivity index (χ0n) is 11.7. The van der Waals surface area contributed by atoms with Gasteiger partial charge in [-0.3, -0.25) is 0 Å². The number of piperidine rings is 2. The molecule has 2 aliphatic heterocycles. The summed E-state index contributed by atoms with van der Waals surface area (Å²) >= 11 is 16.4. The van der Waals surface area contributed by atoms with Crippen molar-refractivity contribution in [1.82, 2.24) is 0 Å². The van der Waals surface area contributed by atoms with E-state index in [1.54, 1.807) is 0 Å². The van der Waals surface area contributed by atoms with Crippen molar-refractivity contribution in [3.8, 4) is 0 Å². The van der Waals surface area contributed by atoms with Gasteiger partial charge in [0.2, 0.25) is 0 Å². The maximum atomic E-state index is 4.69. The van der Waals surface area contributed by atoms with E-state index in [0.717, 1.165) is 8.75 Å². The third kappa shape index (κ3) is 10.6. The Hall–Kier alpha value is 1.85. The number of hydrogen-bond donors (Lipinski definition) is 2. The molecule has 2 heterocycles. The van der Waals surface area contributed by atoms with E-state index >= 15 is 0 Å². The molecule has 2 nitrogen and oxygen atoms in total. The maximum absolute atomic E-state index is 4.69. The van der Waals surface area contributed by atoms with Crippen LogP contribution in [0.15, 0.2) is 0 Å². The van der Waals surface area contributed by atoms with Crippen LogP contribution in [-0.4, -0.2) is 66.0 Å². The second-order valence-corrected chi connectivity index (χ2v) is 7.38. The minimum absolute atomic E-state index is 0.981. The van der Waals surface area contributed by atoms with Gasteiger partial charge in [0, 0.05) is 25.7 Å². The van der Waals surface area contributed by atoms with Crippen molar-refractivity contribution >= 4 is 90.0 Å². The summed E-state index contributed by atoms with van der Waals surface area (Å²) in [5.41, 5.74) is 0. The van der Waals surface area contributed by atoms with Gasteiger partial charge in [-0.05, 0) is 38.1 Å². The van der Waals surface area contributed by atoms with E-state index < -0.39 is 0 Å². The molecule has 0 amide bonds. The van der Waals surface area contributed by atoms with Crippen molar-refractivity contribution in [3.63, 3.8) is 0 Å². The van der Waals surface area contributed by atoms with Crippen LogP contribution in [0, 0.1) is 0 Å². The zero-order valence-corrected chi connectivity index (χ0v) is 18.8. The molecule has 0 aromatic carbocycles. The number of rotatable bonds is 0. The Morgan fingerprint density at radius 2 is 0.950 bits per heavy atom. The third-order valence-electron chi connectivity index (χ3n) is 3.31. The first-order chi connectivity index (χ1) is 9.61. The average molecular weight is 484 g/mol. The van der Waals surface area contributed by atoms with E-state index in [1.165, 1.54) is 86.6 Å². The van der Waals surface area contributed by atoms with E-state index in [1.807, 2.05) is 0 Å². The Bertz CT molecular complexity index is 281. The van der Waals surface area contributed by atoms with Crippen LogP contribution in [0.3, 0.4) is 0 Å². The zero-order chi connectivity index (χ0) is 15.4. The van der Waals surface area contributed by atoms with Gasteiger partial charge >= 0.3 is 39.5 Å². The summed E-state index contributed by atoms with van der Waals surface area (Å²) < 4.78 is 6.47. The molecule has 20 heavy (non-hydrogen) atoms. The summed E-state index contributed by atoms with van der Waals surface area (Å²) in [5, 5.41) is 0. The summed E-state index contributed by atoms with van der Waals surface area (Å²) in [6.45, 7) is 4.68. The quantitative estimate of drug-likeness (QED) is 0.168. The number of halogens is 1. The summed E-state index contributed by atoms with van der Waals surface area (Å²) in [6, 6.07) is 0. The molecule has 0 aromatic rings. The van der Waals surface area contributed by atoms with Gasteiger partial charge in [-0.25, -0.2) is 0 Å². The molecule has 0 aliphatic carbocycles. The molecule has 116 valence electrons. The first kappa shape index (κ1) is 21.8. The Morgan fingerprint density at radius 3 is 1.10 bits per heavy atom. The molecule has 0 aromatic heterocycles. The van der Waals surface area contributed by atoms with Gasteiger partial charge < -0.3 is 0 Å². The van der Waals surface area contributed by atoms with Gasteiger partial charge in [0.05, 0.1) is 25.3 Å². The van der Waals surface area contributed by atoms with Gasteiger partial charge in [0.25, 0.3) is 0 Å². The van der Waals surface area contributed by atoms with Crippen molar-refractivity contribution in [3.05, 3.63) is 0 Å². The Kier molecular flexibility index (Phi) is 15.8. The van der Waals surface area contributed by atoms with Crippen LogP contribution in [0.2, 0.25) is 0 Å². The van der Waals surface area contributed by atoms with Crippen LogP contribution >= 0.6 is 34.1 Å². The second kappa shape index (κ2) is 14.4. The second-order valence-electron chi connectivity index (χ2n) is 4.74. The van der Waals surface area contributed by atoms with Crippen LogP contribution in [0.5, 0.6) is 0 Å². The van der Waals surface area contributed by atoms with Gasteiger partial charge in [-0.15, -0.1) is 0 Å². The Labute approximate surface area is 162 Å². The van der Waals surface area contributed by atoms with E-state index in [4.69, 9.17) is 0 Å². The fourth-order valence-corrected chi connectivity index (χ4v) is 3.06. The summed E-state index contributed by atoms with van der Waals surface area (Å²) in [6.07, 6.45) is 8.01. The molecule has 0 saturated carbocycles. The molecular weight excluding hydrogens is 458 g/mol. The number of hydrogen-bond acceptors (Lipinski definition) is 0. The van der Waals surface area contributed by atoms with Crippen LogP contribution in [0.25, 0.3) is 0 Å². The molecule has 8 heteroatoms. The van der Waals surface area contributed by atoms with Crippen LogP contribution in [0.1, 0.15) is 38.5 Å². The van der Waals surface area contributed by atoms with Crippen molar-refractivity contribution in [2.75, 3.05) is 26.2 Å². The minimum atomic E-state index is 0.981. The van der Waals surface area contributed by atoms with Crippen LogP contribution in [-0.2, 0) is 25.3 Å². The SMILES string of the molecule is SC([SH2+])=[N+]1CCCCC1.SC([SH2+])=[N+]1CCCCC1.[Cl][Sb]. The first-order valence-electron chi connectivity index (χ1n) is 6.83. The standard InChI is InChI=1S/2C6H11NS2.ClH.Sb/c2*8-6(9)7-4-2-1-3-5-7;;/h2*1-5H2,(H,8,9);1H;/q;;;+1/p+3. The molecule has 0 atom stereocenters. The van der Waals surface area contributed by atoms with E-state index in [9.17, 15) is 0 Å². The van der Waals surface area contributed by atoms with Gasteiger partial charge in [0.15, 0.2) is 0 Å². The summed E-state index contributed by atoms with van der Waals surface area (Å²) in [5.74, 6) is 0. The third-order valence-corrected chi connectivity index (χ3v) is 4.51. The van der Waals surface area contributed by atoms with Crippen molar-refractivity contribution in [2.24, 2.45) is 0 Å². The molecular formula is C12H26ClN2S4Sb+4. The molecule has 2 radical (unpaired) electrons. The summed E-state index contributed by atoms with van der Waals surface area (Å²) in [7, 11) is 4.69. The van der Waals surface area contributed by atoms with Crippen molar-refractivity contribution in [1.29, 1.82) is 0 Å². The molecule has 0 bridgehead atoms. The molecule has 2 saturated heterocycles. The normalized spacial score (nSPS) is 18.3. The topological polar surface area (TPSA) is 6.02 Å². The molecule has 2 rings (SSSR count). The fourth-order valence-electron chi connectivity index (χ4n) is 2.21. The van der Waals surface area contributed by atoms with Crippen molar-refractivity contribution < 1.29 is 9.15 Å². The van der Waals surface area contributed by atoms with Gasteiger partial charge in [-0.1, -0.05) is 0 Å². The fraction of sp³-hybridized carbons (Fsp3) is 0.833. The van der Waals surface area contributed by atoms with Crippen LogP contribution < -0.4 is 0 Å². The van der Waals surface area contributed by atoms with Crippen LogP contribution in [0.4, 0.5) is 0 Å². The van der Waals surface area contributed by atoms with Crippen molar-refractivity contribution in [2.45, 2.75) is 38.5 Å². The molecule has 0 spiro atoms. The predicted molar refractivity (Wildman–Crippen MR) is 108 cm³/mol. The Balaban J connectivity index is 0.000000321.